The molecule has 2 nitrogen and oxygen atoms in total. The number of para-hydroxylation sites is 1. The zero-order valence-electron chi connectivity index (χ0n) is 27.4. The van der Waals surface area contributed by atoms with Gasteiger partial charge in [-0.1, -0.05) is 146 Å². The van der Waals surface area contributed by atoms with Gasteiger partial charge in [-0.2, -0.15) is 0 Å². The van der Waals surface area contributed by atoms with Crippen LogP contribution in [0.15, 0.2) is 194 Å². The summed E-state index contributed by atoms with van der Waals surface area (Å²) in [5, 5.41) is 2.25. The third-order valence-corrected chi connectivity index (χ3v) is 9.49. The van der Waals surface area contributed by atoms with Crippen LogP contribution in [0.4, 0.5) is 0 Å². The second-order valence-corrected chi connectivity index (χ2v) is 12.6. The Kier molecular flexibility index (Phi) is 7.53. The van der Waals surface area contributed by atoms with Crippen LogP contribution in [0.2, 0.25) is 0 Å². The van der Waals surface area contributed by atoms with Gasteiger partial charge < -0.3 is 0 Å². The first-order chi connectivity index (χ1) is 24.8. The van der Waals surface area contributed by atoms with E-state index in [2.05, 4.69) is 182 Å². The number of benzene rings is 7. The molecule has 0 saturated heterocycles. The molecule has 7 aromatic carbocycles. The first-order valence-electron chi connectivity index (χ1n) is 17.0. The maximum absolute atomic E-state index is 5.28. The molecule has 9 rings (SSSR count). The van der Waals surface area contributed by atoms with Crippen LogP contribution >= 0.6 is 0 Å². The van der Waals surface area contributed by atoms with Gasteiger partial charge in [-0.15, -0.1) is 0 Å². The van der Waals surface area contributed by atoms with Crippen molar-refractivity contribution in [2.24, 2.45) is 0 Å². The summed E-state index contributed by atoms with van der Waals surface area (Å²) in [6.07, 6.45) is 1.87. The van der Waals surface area contributed by atoms with Crippen molar-refractivity contribution in [3.8, 4) is 66.9 Å². The van der Waals surface area contributed by atoms with Crippen LogP contribution in [0.3, 0.4) is 0 Å². The molecular formula is C48H32N2. The summed E-state index contributed by atoms with van der Waals surface area (Å²) >= 11 is 0. The summed E-state index contributed by atoms with van der Waals surface area (Å²) < 4.78 is 0. The Bertz CT molecular complexity index is 2640. The van der Waals surface area contributed by atoms with E-state index in [1.165, 1.54) is 27.8 Å². The van der Waals surface area contributed by atoms with Crippen LogP contribution in [-0.4, -0.2) is 9.97 Å². The molecule has 0 saturated carbocycles. The number of nitrogens with zero attached hydrogens (tertiary/aromatic N) is 2. The van der Waals surface area contributed by atoms with E-state index >= 15 is 0 Å². The van der Waals surface area contributed by atoms with Gasteiger partial charge in [-0.05, 0) is 92.5 Å². The number of rotatable bonds is 6. The van der Waals surface area contributed by atoms with E-state index in [0.717, 1.165) is 60.9 Å². The van der Waals surface area contributed by atoms with Gasteiger partial charge in [-0.3, -0.25) is 4.98 Å². The van der Waals surface area contributed by atoms with Crippen LogP contribution in [0.1, 0.15) is 0 Å². The van der Waals surface area contributed by atoms with E-state index in [1.807, 2.05) is 12.3 Å². The minimum absolute atomic E-state index is 0.946. The molecule has 50 heavy (non-hydrogen) atoms. The average molecular weight is 637 g/mol. The second kappa shape index (κ2) is 12.8. The fourth-order valence-electron chi connectivity index (χ4n) is 6.98. The van der Waals surface area contributed by atoms with Crippen molar-refractivity contribution in [3.63, 3.8) is 0 Å². The van der Waals surface area contributed by atoms with Crippen molar-refractivity contribution < 1.29 is 0 Å². The number of hydrogen-bond acceptors (Lipinski definition) is 2. The van der Waals surface area contributed by atoms with Crippen molar-refractivity contribution in [3.05, 3.63) is 194 Å². The normalized spacial score (nSPS) is 11.2. The van der Waals surface area contributed by atoms with E-state index in [9.17, 15) is 0 Å². The van der Waals surface area contributed by atoms with E-state index in [1.54, 1.807) is 0 Å². The Morgan fingerprint density at radius 3 is 1.56 bits per heavy atom. The second-order valence-electron chi connectivity index (χ2n) is 12.6. The van der Waals surface area contributed by atoms with Crippen LogP contribution in [0.5, 0.6) is 0 Å². The number of pyridine rings is 2. The van der Waals surface area contributed by atoms with Gasteiger partial charge in [0.2, 0.25) is 0 Å². The highest BCUT2D eigenvalue weighted by Gasteiger charge is 2.14. The smallest absolute Gasteiger partial charge is 0.0780 e. The lowest BCUT2D eigenvalue weighted by molar-refractivity contribution is 1.39. The third kappa shape index (κ3) is 5.63. The molecule has 0 unspecified atom stereocenters. The minimum atomic E-state index is 0.946. The Morgan fingerprint density at radius 2 is 0.840 bits per heavy atom. The average Bonchev–Trinajstić information content (AvgIpc) is 3.21. The van der Waals surface area contributed by atoms with Gasteiger partial charge in [0.1, 0.15) is 0 Å². The van der Waals surface area contributed by atoms with Crippen molar-refractivity contribution in [1.29, 1.82) is 0 Å². The van der Waals surface area contributed by atoms with Crippen LogP contribution in [-0.2, 0) is 0 Å². The van der Waals surface area contributed by atoms with Gasteiger partial charge in [0, 0.05) is 28.1 Å². The van der Waals surface area contributed by atoms with Gasteiger partial charge in [-0.25, -0.2) is 4.98 Å². The monoisotopic (exact) mass is 636 g/mol. The topological polar surface area (TPSA) is 25.8 Å². The SMILES string of the molecule is c1ccc(-c2cccc(-c3ccc4nc(-c5cccc(-c6ccccc6)c5)cc(-c5cccc(-c6cccc7cccnc67)c5)c4c3)c2)cc1. The molecule has 2 aromatic heterocycles. The van der Waals surface area contributed by atoms with Crippen LogP contribution < -0.4 is 0 Å². The van der Waals surface area contributed by atoms with Gasteiger partial charge in [0.15, 0.2) is 0 Å². The lowest BCUT2D eigenvalue weighted by atomic mass is 9.92. The molecule has 0 aliphatic heterocycles. The molecule has 0 fully saturated rings. The highest BCUT2D eigenvalue weighted by atomic mass is 14.7. The maximum Gasteiger partial charge on any atom is 0.0780 e. The summed E-state index contributed by atoms with van der Waals surface area (Å²) in [6.45, 7) is 0. The lowest BCUT2D eigenvalue weighted by Crippen LogP contribution is -1.92. The molecule has 0 spiro atoms. The first-order valence-corrected chi connectivity index (χ1v) is 17.0. The largest absolute Gasteiger partial charge is 0.256 e. The molecule has 0 aliphatic rings. The van der Waals surface area contributed by atoms with E-state index in [0.29, 0.717) is 0 Å². The molecule has 0 aliphatic carbocycles. The first kappa shape index (κ1) is 29.5. The Hall–Kier alpha value is -6.64. The fourth-order valence-corrected chi connectivity index (χ4v) is 6.98. The molecule has 234 valence electrons. The Labute approximate surface area is 292 Å². The van der Waals surface area contributed by atoms with Gasteiger partial charge in [0.05, 0.1) is 16.7 Å². The summed E-state index contributed by atoms with van der Waals surface area (Å²) in [6, 6.07) is 66.9. The molecule has 0 amide bonds. The van der Waals surface area contributed by atoms with Crippen molar-refractivity contribution in [2.45, 2.75) is 0 Å². The standard InChI is InChI=1S/C48H32N2/c1-3-12-33(13-4-1)36-17-7-19-38(28-36)39-25-26-46-45(31-39)44(32-47(50-46)42-22-8-18-37(29-42)34-14-5-2-6-15-34)41-21-9-20-40(30-41)43-24-10-16-35-23-11-27-49-48(35)43/h1-32H. The minimum Gasteiger partial charge on any atom is -0.256 e. The number of hydrogen-bond donors (Lipinski definition) is 0. The summed E-state index contributed by atoms with van der Waals surface area (Å²) in [5.74, 6) is 0. The van der Waals surface area contributed by atoms with Crippen molar-refractivity contribution >= 4 is 21.8 Å². The predicted molar refractivity (Wildman–Crippen MR) is 210 cm³/mol. The van der Waals surface area contributed by atoms with Gasteiger partial charge >= 0.3 is 0 Å². The number of fused-ring (bicyclic) bond motifs is 2. The molecule has 0 N–H and O–H groups in total. The summed E-state index contributed by atoms with van der Waals surface area (Å²) in [7, 11) is 0. The van der Waals surface area contributed by atoms with E-state index in [-0.39, 0.29) is 0 Å². The molecule has 0 atom stereocenters. The zero-order valence-corrected chi connectivity index (χ0v) is 27.4. The highest BCUT2D eigenvalue weighted by Crippen LogP contribution is 2.38. The fraction of sp³-hybridized carbons (Fsp3) is 0. The Balaban J connectivity index is 1.23. The molecule has 0 bridgehead atoms. The van der Waals surface area contributed by atoms with Gasteiger partial charge in [0.25, 0.3) is 0 Å². The third-order valence-electron chi connectivity index (χ3n) is 9.49. The lowest BCUT2D eigenvalue weighted by Gasteiger charge is -2.14. The molecule has 0 radical (unpaired) electrons. The zero-order chi connectivity index (χ0) is 33.3. The highest BCUT2D eigenvalue weighted by molar-refractivity contribution is 6.01. The summed E-state index contributed by atoms with van der Waals surface area (Å²) in [5.41, 5.74) is 15.6. The molecule has 2 heterocycles. The van der Waals surface area contributed by atoms with E-state index < -0.39 is 0 Å². The number of aromatic nitrogens is 2. The Morgan fingerprint density at radius 1 is 0.320 bits per heavy atom. The predicted octanol–water partition coefficient (Wildman–Crippen LogP) is 12.8. The molecule has 2 heteroatoms. The molecular weight excluding hydrogens is 605 g/mol. The van der Waals surface area contributed by atoms with Crippen LogP contribution in [0.25, 0.3) is 88.7 Å². The molecule has 9 aromatic rings. The van der Waals surface area contributed by atoms with Crippen LogP contribution in [0, 0.1) is 0 Å². The quantitative estimate of drug-likeness (QED) is 0.181. The van der Waals surface area contributed by atoms with E-state index in [4.69, 9.17) is 9.97 Å². The maximum atomic E-state index is 5.28. The van der Waals surface area contributed by atoms with Crippen molar-refractivity contribution in [1.82, 2.24) is 9.97 Å². The summed E-state index contributed by atoms with van der Waals surface area (Å²) in [4.78, 5) is 10.0. The van der Waals surface area contributed by atoms with Crippen molar-refractivity contribution in [2.75, 3.05) is 0 Å².